The molecule has 0 heterocycles. The van der Waals surface area contributed by atoms with E-state index in [1.807, 2.05) is 30.3 Å². The summed E-state index contributed by atoms with van der Waals surface area (Å²) >= 11 is 0. The summed E-state index contributed by atoms with van der Waals surface area (Å²) in [5.41, 5.74) is 1.16. The lowest BCUT2D eigenvalue weighted by Gasteiger charge is -2.14. The van der Waals surface area contributed by atoms with E-state index in [1.54, 1.807) is 0 Å². The van der Waals surface area contributed by atoms with Gasteiger partial charge in [0.1, 0.15) is 5.75 Å². The molecule has 0 saturated heterocycles. The van der Waals surface area contributed by atoms with Crippen LogP contribution >= 0.6 is 0 Å². The van der Waals surface area contributed by atoms with Crippen LogP contribution in [0.4, 0.5) is 4.79 Å². The van der Waals surface area contributed by atoms with Crippen LogP contribution in [0.1, 0.15) is 32.3 Å². The molecule has 3 aromatic carbocycles. The fourth-order valence-corrected chi connectivity index (χ4v) is 2.96. The molecule has 0 unspecified atom stereocenters. The zero-order chi connectivity index (χ0) is 16.9. The number of hydrogen-bond acceptors (Lipinski definition) is 3. The van der Waals surface area contributed by atoms with Crippen molar-refractivity contribution in [3.63, 3.8) is 0 Å². The first-order valence-electron chi connectivity index (χ1n) is 8.52. The second-order valence-electron chi connectivity index (χ2n) is 5.85. The molecular formula is C21H22O3. The Bertz CT molecular complexity index is 867. The molecule has 0 aromatic heterocycles. The molecule has 0 saturated carbocycles. The van der Waals surface area contributed by atoms with Gasteiger partial charge in [0, 0.05) is 10.8 Å². The summed E-state index contributed by atoms with van der Waals surface area (Å²) in [5, 5.41) is 4.04. The lowest BCUT2D eigenvalue weighted by molar-refractivity contribution is 0.0988. The van der Waals surface area contributed by atoms with Crippen LogP contribution in [0, 0.1) is 0 Å². The number of fused-ring (bicyclic) bond motifs is 2. The van der Waals surface area contributed by atoms with Crippen molar-refractivity contribution in [2.24, 2.45) is 0 Å². The number of aryl methyl sites for hydroxylation is 1. The molecule has 0 N–H and O–H groups in total. The largest absolute Gasteiger partial charge is 0.513 e. The number of hydrogen-bond donors (Lipinski definition) is 0. The van der Waals surface area contributed by atoms with Crippen LogP contribution in [0.25, 0.3) is 21.5 Å². The molecule has 0 aliphatic rings. The molecule has 3 nitrogen and oxygen atoms in total. The minimum Gasteiger partial charge on any atom is -0.434 e. The monoisotopic (exact) mass is 322 g/mol. The molecule has 0 radical (unpaired) electrons. The van der Waals surface area contributed by atoms with Gasteiger partial charge in [0.05, 0.1) is 6.61 Å². The van der Waals surface area contributed by atoms with E-state index in [2.05, 4.69) is 32.0 Å². The Morgan fingerprint density at radius 1 is 1.00 bits per heavy atom. The third-order valence-corrected chi connectivity index (χ3v) is 4.21. The summed E-state index contributed by atoms with van der Waals surface area (Å²) in [5.74, 6) is 0.599. The van der Waals surface area contributed by atoms with Crippen molar-refractivity contribution in [3.05, 3.63) is 54.1 Å². The van der Waals surface area contributed by atoms with Gasteiger partial charge in [0.15, 0.2) is 0 Å². The molecule has 0 aliphatic carbocycles. The number of rotatable bonds is 5. The maximum absolute atomic E-state index is 12.1. The minimum atomic E-state index is -0.632. The molecule has 3 aromatic rings. The van der Waals surface area contributed by atoms with E-state index in [9.17, 15) is 4.79 Å². The Labute approximate surface area is 142 Å². The van der Waals surface area contributed by atoms with Gasteiger partial charge in [0.2, 0.25) is 0 Å². The number of carbonyl (C=O) groups is 1. The summed E-state index contributed by atoms with van der Waals surface area (Å²) in [6.45, 7) is 4.55. The van der Waals surface area contributed by atoms with Crippen LogP contribution in [-0.2, 0) is 11.2 Å². The second kappa shape index (κ2) is 7.35. The molecule has 0 aliphatic heterocycles. The number of ether oxygens (including phenoxy) is 2. The normalized spacial score (nSPS) is 10.9. The van der Waals surface area contributed by atoms with Gasteiger partial charge in [0.25, 0.3) is 0 Å². The Morgan fingerprint density at radius 3 is 2.58 bits per heavy atom. The van der Waals surface area contributed by atoms with Gasteiger partial charge in [-0.2, -0.15) is 0 Å². The molecule has 3 rings (SSSR count). The van der Waals surface area contributed by atoms with Crippen LogP contribution in [0.3, 0.4) is 0 Å². The molecule has 0 atom stereocenters. The zero-order valence-corrected chi connectivity index (χ0v) is 14.2. The zero-order valence-electron chi connectivity index (χ0n) is 14.2. The van der Waals surface area contributed by atoms with E-state index in [0.717, 1.165) is 46.4 Å². The highest BCUT2D eigenvalue weighted by Crippen LogP contribution is 2.37. The third kappa shape index (κ3) is 3.21. The lowest BCUT2D eigenvalue weighted by Crippen LogP contribution is -2.12. The summed E-state index contributed by atoms with van der Waals surface area (Å²) in [7, 11) is 0. The van der Waals surface area contributed by atoms with Crippen molar-refractivity contribution in [2.45, 2.75) is 33.1 Å². The van der Waals surface area contributed by atoms with E-state index in [0.29, 0.717) is 12.4 Å². The van der Waals surface area contributed by atoms with Crippen molar-refractivity contribution in [2.75, 3.05) is 6.61 Å². The predicted molar refractivity (Wildman–Crippen MR) is 97.7 cm³/mol. The van der Waals surface area contributed by atoms with Gasteiger partial charge in [-0.25, -0.2) is 4.79 Å². The van der Waals surface area contributed by atoms with Crippen LogP contribution in [0.15, 0.2) is 48.5 Å². The second-order valence-corrected chi connectivity index (χ2v) is 5.85. The smallest absolute Gasteiger partial charge is 0.434 e. The van der Waals surface area contributed by atoms with Crippen molar-refractivity contribution in [1.82, 2.24) is 0 Å². The quantitative estimate of drug-likeness (QED) is 0.255. The molecule has 0 spiro atoms. The highest BCUT2D eigenvalue weighted by atomic mass is 16.7. The first-order valence-corrected chi connectivity index (χ1v) is 8.52. The van der Waals surface area contributed by atoms with Crippen LogP contribution < -0.4 is 4.74 Å². The maximum atomic E-state index is 12.1. The molecule has 24 heavy (non-hydrogen) atoms. The van der Waals surface area contributed by atoms with E-state index in [1.165, 1.54) is 0 Å². The van der Waals surface area contributed by atoms with Crippen LogP contribution in [-0.4, -0.2) is 12.8 Å². The Kier molecular flexibility index (Phi) is 4.99. The van der Waals surface area contributed by atoms with Crippen LogP contribution in [0.5, 0.6) is 5.75 Å². The summed E-state index contributed by atoms with van der Waals surface area (Å²) in [4.78, 5) is 12.1. The molecular weight excluding hydrogens is 300 g/mol. The van der Waals surface area contributed by atoms with Crippen molar-refractivity contribution in [3.8, 4) is 5.75 Å². The van der Waals surface area contributed by atoms with Crippen LogP contribution in [0.2, 0.25) is 0 Å². The highest BCUT2D eigenvalue weighted by Gasteiger charge is 2.16. The average molecular weight is 322 g/mol. The Hall–Kier alpha value is -2.55. The summed E-state index contributed by atoms with van der Waals surface area (Å²) < 4.78 is 10.9. The SMILES string of the molecule is CCCCOC(=O)Oc1c2ccccc2cc2cccc(CC)c12. The summed E-state index contributed by atoms with van der Waals surface area (Å²) in [6, 6.07) is 16.3. The number of unbranched alkanes of at least 4 members (excludes halogenated alkanes) is 1. The molecule has 3 heteroatoms. The van der Waals surface area contributed by atoms with Gasteiger partial charge in [-0.1, -0.05) is 62.7 Å². The average Bonchev–Trinajstić information content (AvgIpc) is 2.61. The first kappa shape index (κ1) is 16.3. The van der Waals surface area contributed by atoms with E-state index in [4.69, 9.17) is 9.47 Å². The van der Waals surface area contributed by atoms with Gasteiger partial charge in [-0.15, -0.1) is 0 Å². The lowest BCUT2D eigenvalue weighted by atomic mass is 9.97. The third-order valence-electron chi connectivity index (χ3n) is 4.21. The van der Waals surface area contributed by atoms with E-state index >= 15 is 0 Å². The molecule has 0 fully saturated rings. The van der Waals surface area contributed by atoms with Gasteiger partial charge >= 0.3 is 6.16 Å². The predicted octanol–water partition coefficient (Wildman–Crippen LogP) is 5.87. The first-order chi connectivity index (χ1) is 11.7. The minimum absolute atomic E-state index is 0.388. The number of benzene rings is 3. The highest BCUT2D eigenvalue weighted by molar-refractivity contribution is 6.07. The standard InChI is InChI=1S/C21H22O3/c1-3-5-13-23-21(22)24-20-18-12-7-6-9-16(18)14-17-11-8-10-15(4-2)19(17)20/h6-12,14H,3-5,13H2,1-2H3. The molecule has 124 valence electrons. The number of carbonyl (C=O) groups excluding carboxylic acids is 1. The van der Waals surface area contributed by atoms with Gasteiger partial charge in [-0.3, -0.25) is 0 Å². The summed E-state index contributed by atoms with van der Waals surface area (Å²) in [6.07, 6.45) is 2.06. The van der Waals surface area contributed by atoms with Crippen molar-refractivity contribution in [1.29, 1.82) is 0 Å². The van der Waals surface area contributed by atoms with Gasteiger partial charge in [-0.05, 0) is 35.2 Å². The fraction of sp³-hybridized carbons (Fsp3) is 0.286. The van der Waals surface area contributed by atoms with Gasteiger partial charge < -0.3 is 9.47 Å². The Balaban J connectivity index is 2.12. The fourth-order valence-electron chi connectivity index (χ4n) is 2.96. The van der Waals surface area contributed by atoms with E-state index in [-0.39, 0.29) is 0 Å². The van der Waals surface area contributed by atoms with E-state index < -0.39 is 6.16 Å². The van der Waals surface area contributed by atoms with Crippen molar-refractivity contribution < 1.29 is 14.3 Å². The van der Waals surface area contributed by atoms with Crippen molar-refractivity contribution >= 4 is 27.7 Å². The topological polar surface area (TPSA) is 35.5 Å². The maximum Gasteiger partial charge on any atom is 0.513 e. The molecule has 0 bridgehead atoms. The molecule has 0 amide bonds. The Morgan fingerprint density at radius 2 is 1.79 bits per heavy atom.